The number of sulfonamides is 1. The average Bonchev–Trinajstić information content (AvgIpc) is 2.66. The summed E-state index contributed by atoms with van der Waals surface area (Å²) in [7, 11) is -3.72. The first-order valence-corrected chi connectivity index (χ1v) is 9.77. The molecular formula is C20H19NO4S. The van der Waals surface area contributed by atoms with Crippen LogP contribution in [0.4, 0.5) is 5.69 Å². The topological polar surface area (TPSA) is 72.5 Å². The van der Waals surface area contributed by atoms with Crippen molar-refractivity contribution in [1.82, 2.24) is 0 Å². The van der Waals surface area contributed by atoms with Gasteiger partial charge in [-0.1, -0.05) is 37.3 Å². The van der Waals surface area contributed by atoms with Crippen molar-refractivity contribution < 1.29 is 17.9 Å². The van der Waals surface area contributed by atoms with Crippen molar-refractivity contribution in [1.29, 1.82) is 0 Å². The highest BCUT2D eigenvalue weighted by Gasteiger charge is 2.15. The van der Waals surface area contributed by atoms with E-state index in [0.717, 1.165) is 17.2 Å². The summed E-state index contributed by atoms with van der Waals surface area (Å²) in [5.41, 5.74) is 0.761. The molecule has 0 saturated carbocycles. The van der Waals surface area contributed by atoms with E-state index < -0.39 is 16.0 Å². The fourth-order valence-corrected chi connectivity index (χ4v) is 3.59. The summed E-state index contributed by atoms with van der Waals surface area (Å²) in [6, 6.07) is 18.7. The van der Waals surface area contributed by atoms with E-state index in [1.165, 1.54) is 12.1 Å². The molecule has 0 aromatic heterocycles. The number of nitrogens with one attached hydrogen (secondary N) is 1. The normalized spacial score (nSPS) is 11.3. The molecular weight excluding hydrogens is 350 g/mol. The van der Waals surface area contributed by atoms with Crippen molar-refractivity contribution in [2.24, 2.45) is 0 Å². The van der Waals surface area contributed by atoms with Crippen LogP contribution in [0.1, 0.15) is 23.7 Å². The molecule has 3 rings (SSSR count). The Hall–Kier alpha value is -2.86. The third-order valence-corrected chi connectivity index (χ3v) is 5.22. The van der Waals surface area contributed by atoms with E-state index in [-0.39, 0.29) is 4.90 Å². The molecule has 0 aliphatic carbocycles. The van der Waals surface area contributed by atoms with Gasteiger partial charge >= 0.3 is 5.97 Å². The Labute approximate surface area is 152 Å². The van der Waals surface area contributed by atoms with E-state index in [1.807, 2.05) is 31.2 Å². The Morgan fingerprint density at radius 2 is 1.65 bits per heavy atom. The predicted octanol–water partition coefficient (Wildman–Crippen LogP) is 4.21. The number of benzene rings is 3. The number of anilines is 1. The fraction of sp³-hybridized carbons (Fsp3) is 0.150. The van der Waals surface area contributed by atoms with Crippen LogP contribution in [0, 0.1) is 0 Å². The number of rotatable bonds is 6. The molecule has 0 saturated heterocycles. The molecule has 0 atom stereocenters. The van der Waals surface area contributed by atoms with E-state index in [9.17, 15) is 13.2 Å². The number of ether oxygens (including phenoxy) is 1. The summed E-state index contributed by atoms with van der Waals surface area (Å²) in [4.78, 5) is 12.0. The lowest BCUT2D eigenvalue weighted by molar-refractivity contribution is 0.0505. The molecule has 0 bridgehead atoms. The van der Waals surface area contributed by atoms with Gasteiger partial charge in [0.15, 0.2) is 0 Å². The van der Waals surface area contributed by atoms with E-state index in [1.54, 1.807) is 30.3 Å². The highest BCUT2D eigenvalue weighted by molar-refractivity contribution is 7.92. The van der Waals surface area contributed by atoms with Crippen LogP contribution in [0.5, 0.6) is 0 Å². The first kappa shape index (κ1) is 17.9. The standard InChI is InChI=1S/C20H19NO4S/c1-2-13-25-20(22)16-7-10-18(11-8-16)21-26(23,24)19-12-9-15-5-3-4-6-17(15)14-19/h3-12,14,21H,2,13H2,1H3. The lowest BCUT2D eigenvalue weighted by Crippen LogP contribution is -2.13. The molecule has 0 aliphatic heterocycles. The van der Waals surface area contributed by atoms with Crippen LogP contribution in [0.2, 0.25) is 0 Å². The largest absolute Gasteiger partial charge is 0.462 e. The summed E-state index contributed by atoms with van der Waals surface area (Å²) in [6.45, 7) is 2.27. The molecule has 0 amide bonds. The van der Waals surface area contributed by atoms with E-state index in [2.05, 4.69) is 4.72 Å². The molecule has 0 heterocycles. The Balaban J connectivity index is 1.79. The van der Waals surface area contributed by atoms with Crippen molar-refractivity contribution >= 4 is 32.5 Å². The third-order valence-electron chi connectivity index (χ3n) is 3.84. The number of carbonyl (C=O) groups excluding carboxylic acids is 1. The molecule has 0 unspecified atom stereocenters. The summed E-state index contributed by atoms with van der Waals surface area (Å²) in [5, 5.41) is 1.82. The minimum absolute atomic E-state index is 0.183. The second kappa shape index (κ2) is 7.58. The second-order valence-electron chi connectivity index (χ2n) is 5.83. The molecule has 0 radical (unpaired) electrons. The SMILES string of the molecule is CCCOC(=O)c1ccc(NS(=O)(=O)c2ccc3ccccc3c2)cc1. The molecule has 0 aliphatic rings. The molecule has 26 heavy (non-hydrogen) atoms. The van der Waals surface area contributed by atoms with Crippen LogP contribution in [-0.2, 0) is 14.8 Å². The fourth-order valence-electron chi connectivity index (χ4n) is 2.50. The second-order valence-corrected chi connectivity index (χ2v) is 7.51. The zero-order valence-electron chi connectivity index (χ0n) is 14.3. The van der Waals surface area contributed by atoms with Crippen molar-refractivity contribution in [3.05, 3.63) is 72.3 Å². The maximum atomic E-state index is 12.6. The minimum atomic E-state index is -3.72. The average molecular weight is 369 g/mol. The van der Waals surface area contributed by atoms with Gasteiger partial charge in [0.1, 0.15) is 0 Å². The van der Waals surface area contributed by atoms with Crippen molar-refractivity contribution in [2.45, 2.75) is 18.2 Å². The molecule has 3 aromatic rings. The molecule has 3 aromatic carbocycles. The van der Waals surface area contributed by atoms with Gasteiger partial charge in [-0.05, 0) is 53.6 Å². The van der Waals surface area contributed by atoms with Crippen LogP contribution < -0.4 is 4.72 Å². The van der Waals surface area contributed by atoms with E-state index in [0.29, 0.717) is 17.9 Å². The molecule has 134 valence electrons. The first-order chi connectivity index (χ1) is 12.5. The van der Waals surface area contributed by atoms with Crippen LogP contribution >= 0.6 is 0 Å². The van der Waals surface area contributed by atoms with Gasteiger partial charge in [0.25, 0.3) is 10.0 Å². The van der Waals surface area contributed by atoms with Crippen molar-refractivity contribution in [2.75, 3.05) is 11.3 Å². The van der Waals surface area contributed by atoms with Gasteiger partial charge in [-0.15, -0.1) is 0 Å². The smallest absolute Gasteiger partial charge is 0.338 e. The Bertz CT molecular complexity index is 1030. The van der Waals surface area contributed by atoms with Gasteiger partial charge in [0.2, 0.25) is 0 Å². The molecule has 5 nitrogen and oxygen atoms in total. The van der Waals surface area contributed by atoms with Crippen LogP contribution in [0.3, 0.4) is 0 Å². The quantitative estimate of drug-likeness (QED) is 0.661. The Kier molecular flexibility index (Phi) is 5.23. The van der Waals surface area contributed by atoms with Gasteiger partial charge < -0.3 is 4.74 Å². The summed E-state index contributed by atoms with van der Waals surface area (Å²) < 4.78 is 32.8. The lowest BCUT2D eigenvalue weighted by atomic mass is 10.1. The summed E-state index contributed by atoms with van der Waals surface area (Å²) >= 11 is 0. The number of hydrogen-bond donors (Lipinski definition) is 1. The summed E-state index contributed by atoms with van der Waals surface area (Å²) in [5.74, 6) is -0.421. The van der Waals surface area contributed by atoms with E-state index >= 15 is 0 Å². The molecule has 1 N–H and O–H groups in total. The monoisotopic (exact) mass is 369 g/mol. The lowest BCUT2D eigenvalue weighted by Gasteiger charge is -2.10. The molecule has 6 heteroatoms. The maximum Gasteiger partial charge on any atom is 0.338 e. The first-order valence-electron chi connectivity index (χ1n) is 8.28. The highest BCUT2D eigenvalue weighted by Crippen LogP contribution is 2.21. The van der Waals surface area contributed by atoms with Crippen LogP contribution in [-0.4, -0.2) is 21.0 Å². The molecule has 0 spiro atoms. The number of fused-ring (bicyclic) bond motifs is 1. The van der Waals surface area contributed by atoms with Gasteiger partial charge in [0.05, 0.1) is 17.1 Å². The third kappa shape index (κ3) is 4.03. The van der Waals surface area contributed by atoms with Crippen molar-refractivity contribution in [3.63, 3.8) is 0 Å². The zero-order chi connectivity index (χ0) is 18.6. The van der Waals surface area contributed by atoms with Crippen LogP contribution in [0.15, 0.2) is 71.6 Å². The van der Waals surface area contributed by atoms with Crippen LogP contribution in [0.25, 0.3) is 10.8 Å². The maximum absolute atomic E-state index is 12.6. The number of esters is 1. The Morgan fingerprint density at radius 3 is 2.35 bits per heavy atom. The van der Waals surface area contributed by atoms with Crippen molar-refractivity contribution in [3.8, 4) is 0 Å². The van der Waals surface area contributed by atoms with Gasteiger partial charge in [0, 0.05) is 5.69 Å². The number of carbonyl (C=O) groups is 1. The van der Waals surface area contributed by atoms with E-state index in [4.69, 9.17) is 4.74 Å². The van der Waals surface area contributed by atoms with Gasteiger partial charge in [-0.3, -0.25) is 4.72 Å². The zero-order valence-corrected chi connectivity index (χ0v) is 15.1. The highest BCUT2D eigenvalue weighted by atomic mass is 32.2. The van der Waals surface area contributed by atoms with Gasteiger partial charge in [-0.2, -0.15) is 0 Å². The Morgan fingerprint density at radius 1 is 0.962 bits per heavy atom. The summed E-state index contributed by atoms with van der Waals surface area (Å²) in [6.07, 6.45) is 0.745. The minimum Gasteiger partial charge on any atom is -0.462 e. The molecule has 0 fully saturated rings. The number of hydrogen-bond acceptors (Lipinski definition) is 4. The predicted molar refractivity (Wildman–Crippen MR) is 102 cm³/mol. The van der Waals surface area contributed by atoms with Gasteiger partial charge in [-0.25, -0.2) is 13.2 Å².